The first-order valence-corrected chi connectivity index (χ1v) is 5.35. The Bertz CT molecular complexity index is 385. The van der Waals surface area contributed by atoms with E-state index in [0.717, 1.165) is 19.3 Å². The molecule has 1 aromatic rings. The van der Waals surface area contributed by atoms with Crippen LogP contribution in [-0.4, -0.2) is 21.3 Å². The van der Waals surface area contributed by atoms with Crippen LogP contribution in [0.25, 0.3) is 0 Å². The highest BCUT2D eigenvalue weighted by Gasteiger charge is 2.17. The molecule has 0 radical (unpaired) electrons. The van der Waals surface area contributed by atoms with Crippen molar-refractivity contribution >= 4 is 5.97 Å². The third-order valence-electron chi connectivity index (χ3n) is 2.50. The van der Waals surface area contributed by atoms with E-state index >= 15 is 0 Å². The van der Waals surface area contributed by atoms with Gasteiger partial charge in [0.05, 0.1) is 0 Å². The van der Waals surface area contributed by atoms with E-state index in [4.69, 9.17) is 5.11 Å². The second-order valence-electron chi connectivity index (χ2n) is 3.73. The first-order chi connectivity index (χ1) is 7.57. The van der Waals surface area contributed by atoms with Gasteiger partial charge in [0.15, 0.2) is 0 Å². The number of carboxylic acids is 1. The number of benzene rings is 1. The quantitative estimate of drug-likeness (QED) is 0.671. The summed E-state index contributed by atoms with van der Waals surface area (Å²) >= 11 is 0. The fourth-order valence-corrected chi connectivity index (χ4v) is 1.60. The van der Waals surface area contributed by atoms with Gasteiger partial charge in [-0.1, -0.05) is 25.8 Å². The van der Waals surface area contributed by atoms with Gasteiger partial charge in [-0.25, -0.2) is 4.79 Å². The minimum Gasteiger partial charge on any atom is -0.507 e. The first kappa shape index (κ1) is 12.4. The maximum atomic E-state index is 10.8. The second-order valence-corrected chi connectivity index (χ2v) is 3.73. The molecule has 0 fully saturated rings. The molecule has 0 bridgehead atoms. The van der Waals surface area contributed by atoms with Gasteiger partial charge in [-0.05, 0) is 24.5 Å². The van der Waals surface area contributed by atoms with E-state index in [-0.39, 0.29) is 5.75 Å². The number of aromatic hydroxyl groups is 2. The van der Waals surface area contributed by atoms with Crippen molar-refractivity contribution < 1.29 is 20.1 Å². The van der Waals surface area contributed by atoms with Gasteiger partial charge in [-0.3, -0.25) is 0 Å². The fourth-order valence-electron chi connectivity index (χ4n) is 1.60. The van der Waals surface area contributed by atoms with Crippen LogP contribution < -0.4 is 0 Å². The summed E-state index contributed by atoms with van der Waals surface area (Å²) in [5, 5.41) is 27.8. The van der Waals surface area contributed by atoms with Crippen molar-refractivity contribution in [2.75, 3.05) is 0 Å². The molecule has 0 aromatic heterocycles. The highest BCUT2D eigenvalue weighted by molar-refractivity contribution is 5.94. The Morgan fingerprint density at radius 1 is 1.25 bits per heavy atom. The zero-order valence-corrected chi connectivity index (χ0v) is 9.23. The molecule has 0 unspecified atom stereocenters. The van der Waals surface area contributed by atoms with Gasteiger partial charge in [0.2, 0.25) is 0 Å². The van der Waals surface area contributed by atoms with Crippen LogP contribution in [0.5, 0.6) is 11.5 Å². The molecule has 0 atom stereocenters. The summed E-state index contributed by atoms with van der Waals surface area (Å²) in [5.41, 5.74) is 0.164. The molecule has 1 aromatic carbocycles. The lowest BCUT2D eigenvalue weighted by Crippen LogP contribution is -2.00. The van der Waals surface area contributed by atoms with Crippen LogP contribution in [0.2, 0.25) is 0 Å². The third-order valence-corrected chi connectivity index (χ3v) is 2.50. The molecule has 0 spiro atoms. The largest absolute Gasteiger partial charge is 0.507 e. The fraction of sp³-hybridized carbons (Fsp3) is 0.417. The van der Waals surface area contributed by atoms with E-state index in [0.29, 0.717) is 12.0 Å². The molecule has 0 saturated heterocycles. The number of hydrogen-bond acceptors (Lipinski definition) is 3. The number of unbranched alkanes of at least 4 members (excludes halogenated alkanes) is 2. The zero-order valence-electron chi connectivity index (χ0n) is 9.23. The summed E-state index contributed by atoms with van der Waals surface area (Å²) in [5.74, 6) is -2.03. The van der Waals surface area contributed by atoms with Gasteiger partial charge in [0.25, 0.3) is 0 Å². The number of aryl methyl sites for hydroxylation is 1. The number of aromatic carboxylic acids is 1. The molecule has 0 aliphatic heterocycles. The Morgan fingerprint density at radius 3 is 2.50 bits per heavy atom. The highest BCUT2D eigenvalue weighted by Crippen LogP contribution is 2.31. The molecule has 0 aliphatic carbocycles. The Kier molecular flexibility index (Phi) is 4.17. The van der Waals surface area contributed by atoms with Crippen LogP contribution in [-0.2, 0) is 6.42 Å². The minimum atomic E-state index is -1.31. The minimum absolute atomic E-state index is 0.316. The number of carbonyl (C=O) groups is 1. The molecular weight excluding hydrogens is 208 g/mol. The molecule has 88 valence electrons. The molecule has 3 N–H and O–H groups in total. The van der Waals surface area contributed by atoms with Gasteiger partial charge in [0, 0.05) is 0 Å². The van der Waals surface area contributed by atoms with Crippen molar-refractivity contribution in [2.45, 2.75) is 32.6 Å². The third kappa shape index (κ3) is 2.66. The number of carboxylic acid groups (broad SMARTS) is 1. The maximum Gasteiger partial charge on any atom is 0.343 e. The van der Waals surface area contributed by atoms with Crippen molar-refractivity contribution in [1.82, 2.24) is 0 Å². The standard InChI is InChI=1S/C12H16O4/c1-2-3-4-5-8-6-7-9(13)10(11(8)14)12(15)16/h6-7,13-14H,2-5H2,1H3,(H,15,16). The highest BCUT2D eigenvalue weighted by atomic mass is 16.4. The van der Waals surface area contributed by atoms with Crippen LogP contribution in [0, 0.1) is 0 Å². The summed E-state index contributed by atoms with van der Waals surface area (Å²) in [6, 6.07) is 2.87. The lowest BCUT2D eigenvalue weighted by atomic mass is 10.0. The summed E-state index contributed by atoms with van der Waals surface area (Å²) in [6.07, 6.45) is 3.61. The average molecular weight is 224 g/mol. The summed E-state index contributed by atoms with van der Waals surface area (Å²) in [4.78, 5) is 10.8. The molecule has 0 heterocycles. The normalized spacial score (nSPS) is 10.3. The van der Waals surface area contributed by atoms with Crippen molar-refractivity contribution in [2.24, 2.45) is 0 Å². The molecular formula is C12H16O4. The van der Waals surface area contributed by atoms with Gasteiger partial charge < -0.3 is 15.3 Å². The zero-order chi connectivity index (χ0) is 12.1. The molecule has 0 amide bonds. The Balaban J connectivity index is 2.95. The predicted octanol–water partition coefficient (Wildman–Crippen LogP) is 2.53. The molecule has 1 rings (SSSR count). The van der Waals surface area contributed by atoms with Crippen LogP contribution in [0.4, 0.5) is 0 Å². The van der Waals surface area contributed by atoms with E-state index in [1.165, 1.54) is 6.07 Å². The van der Waals surface area contributed by atoms with E-state index in [1.807, 2.05) is 0 Å². The molecule has 0 saturated carbocycles. The van der Waals surface area contributed by atoms with Crippen molar-refractivity contribution in [3.8, 4) is 11.5 Å². The lowest BCUT2D eigenvalue weighted by molar-refractivity contribution is 0.0690. The average Bonchev–Trinajstić information content (AvgIpc) is 2.21. The Labute approximate surface area is 94.2 Å². The topological polar surface area (TPSA) is 77.8 Å². The van der Waals surface area contributed by atoms with Crippen molar-refractivity contribution in [3.63, 3.8) is 0 Å². The summed E-state index contributed by atoms with van der Waals surface area (Å²) in [7, 11) is 0. The molecule has 4 heteroatoms. The Morgan fingerprint density at radius 2 is 1.94 bits per heavy atom. The van der Waals surface area contributed by atoms with Gasteiger partial charge >= 0.3 is 5.97 Å². The number of hydrogen-bond donors (Lipinski definition) is 3. The smallest absolute Gasteiger partial charge is 0.343 e. The van der Waals surface area contributed by atoms with Crippen molar-refractivity contribution in [1.29, 1.82) is 0 Å². The lowest BCUT2D eigenvalue weighted by Gasteiger charge is -2.08. The van der Waals surface area contributed by atoms with Crippen LogP contribution in [0.15, 0.2) is 12.1 Å². The molecule has 4 nitrogen and oxygen atoms in total. The monoisotopic (exact) mass is 224 g/mol. The van der Waals surface area contributed by atoms with Gasteiger partial charge in [-0.15, -0.1) is 0 Å². The summed E-state index contributed by atoms with van der Waals surface area (Å²) < 4.78 is 0. The van der Waals surface area contributed by atoms with E-state index in [9.17, 15) is 15.0 Å². The molecule has 16 heavy (non-hydrogen) atoms. The first-order valence-electron chi connectivity index (χ1n) is 5.35. The Hall–Kier alpha value is -1.71. The number of phenols is 2. The van der Waals surface area contributed by atoms with Crippen LogP contribution >= 0.6 is 0 Å². The molecule has 0 aliphatic rings. The van der Waals surface area contributed by atoms with Crippen LogP contribution in [0.1, 0.15) is 42.1 Å². The predicted molar refractivity (Wildman–Crippen MR) is 60.0 cm³/mol. The van der Waals surface area contributed by atoms with Gasteiger partial charge in [0.1, 0.15) is 17.1 Å². The van der Waals surface area contributed by atoms with Crippen molar-refractivity contribution in [3.05, 3.63) is 23.3 Å². The van der Waals surface area contributed by atoms with E-state index in [2.05, 4.69) is 6.92 Å². The van der Waals surface area contributed by atoms with E-state index in [1.54, 1.807) is 6.07 Å². The summed E-state index contributed by atoms with van der Waals surface area (Å²) in [6.45, 7) is 2.07. The van der Waals surface area contributed by atoms with Gasteiger partial charge in [-0.2, -0.15) is 0 Å². The SMILES string of the molecule is CCCCCc1ccc(O)c(C(=O)O)c1O. The maximum absolute atomic E-state index is 10.8. The van der Waals surface area contributed by atoms with Crippen LogP contribution in [0.3, 0.4) is 0 Å². The second kappa shape index (κ2) is 5.39. The number of rotatable bonds is 5. The van der Waals surface area contributed by atoms with E-state index < -0.39 is 17.3 Å².